The third-order valence-corrected chi connectivity index (χ3v) is 1.67. The number of rotatable bonds is 2. The topological polar surface area (TPSA) is 0 Å². The largest absolute Gasteiger partial charge is 0.269 e. The van der Waals surface area contributed by atoms with Crippen LogP contribution in [0.5, 0.6) is 0 Å². The summed E-state index contributed by atoms with van der Waals surface area (Å²) in [5.74, 6) is 1.12. The van der Waals surface area contributed by atoms with Crippen molar-refractivity contribution < 1.29 is 21.7 Å². The Balaban J connectivity index is -0.000000213. The summed E-state index contributed by atoms with van der Waals surface area (Å²) >= 11 is 1.85. The molecule has 0 saturated carbocycles. The molecule has 0 spiro atoms. The van der Waals surface area contributed by atoms with Crippen molar-refractivity contribution in [2.45, 2.75) is 6.42 Å². The molecule has 0 atom stereocenters. The first-order valence-corrected chi connectivity index (χ1v) is 4.08. The van der Waals surface area contributed by atoms with E-state index < -0.39 is 0 Å². The fraction of sp³-hybridized carbons (Fsp3) is 0.429. The van der Waals surface area contributed by atoms with Crippen LogP contribution in [0.4, 0.5) is 0 Å². The number of halogens is 2. The smallest absolute Gasteiger partial charge is 0 e. The number of allylic oxidation sites excluding steroid dienone is 3. The van der Waals surface area contributed by atoms with Gasteiger partial charge in [0.1, 0.15) is 0 Å². The Hall–Kier alpha value is 1.12. The number of hydrogen-bond donors (Lipinski definition) is 0. The third-order valence-electron chi connectivity index (χ3n) is 1.07. The summed E-state index contributed by atoms with van der Waals surface area (Å²) in [5, 5.41) is 0. The van der Waals surface area contributed by atoms with Crippen LogP contribution in [0.25, 0.3) is 0 Å². The van der Waals surface area contributed by atoms with Crippen LogP contribution in [-0.4, -0.2) is 12.0 Å². The molecule has 0 N–H and O–H groups in total. The van der Waals surface area contributed by atoms with Gasteiger partial charge in [0.15, 0.2) is 0 Å². The molecular weight excluding hydrogens is 235 g/mol. The molecule has 11 heavy (non-hydrogen) atoms. The van der Waals surface area contributed by atoms with E-state index in [1.807, 2.05) is 11.8 Å². The SMILES string of the molecule is CSCC1=[C-]CC=C1.Cl.Cl.[Ti]. The molecule has 0 amide bonds. The van der Waals surface area contributed by atoms with E-state index in [2.05, 4.69) is 24.5 Å². The zero-order valence-electron chi connectivity index (χ0n) is 6.29. The van der Waals surface area contributed by atoms with E-state index in [0.717, 1.165) is 12.2 Å². The molecule has 0 radical (unpaired) electrons. The Labute approximate surface area is 100.0 Å². The van der Waals surface area contributed by atoms with Gasteiger partial charge in [0.05, 0.1) is 0 Å². The van der Waals surface area contributed by atoms with Crippen LogP contribution in [0, 0.1) is 6.08 Å². The summed E-state index contributed by atoms with van der Waals surface area (Å²) in [6, 6.07) is 0. The Morgan fingerprint density at radius 1 is 1.55 bits per heavy atom. The Kier molecular flexibility index (Phi) is 18.2. The van der Waals surface area contributed by atoms with Crippen molar-refractivity contribution in [3.05, 3.63) is 23.8 Å². The van der Waals surface area contributed by atoms with Crippen LogP contribution in [0.3, 0.4) is 0 Å². The first-order valence-electron chi connectivity index (χ1n) is 2.68. The number of thioether (sulfide) groups is 1. The van der Waals surface area contributed by atoms with Crippen LogP contribution < -0.4 is 0 Å². The Bertz CT molecular complexity index is 134. The molecule has 0 fully saturated rings. The van der Waals surface area contributed by atoms with Gasteiger partial charge in [-0.25, -0.2) is 11.6 Å². The van der Waals surface area contributed by atoms with Crippen molar-refractivity contribution >= 4 is 36.6 Å². The normalized spacial score (nSPS) is 12.3. The van der Waals surface area contributed by atoms with Gasteiger partial charge >= 0.3 is 0 Å². The molecule has 0 aromatic carbocycles. The van der Waals surface area contributed by atoms with Gasteiger partial charge < -0.3 is 0 Å². The zero-order chi connectivity index (χ0) is 5.82. The molecule has 0 aliphatic heterocycles. The summed E-state index contributed by atoms with van der Waals surface area (Å²) in [6.07, 6.45) is 10.7. The molecule has 1 aliphatic carbocycles. The fourth-order valence-corrected chi connectivity index (χ4v) is 1.21. The third kappa shape index (κ3) is 7.48. The van der Waals surface area contributed by atoms with E-state index in [4.69, 9.17) is 0 Å². The second-order valence-corrected chi connectivity index (χ2v) is 2.61. The maximum absolute atomic E-state index is 3.24. The van der Waals surface area contributed by atoms with Gasteiger partial charge in [0.25, 0.3) is 0 Å². The second-order valence-electron chi connectivity index (χ2n) is 1.74. The van der Waals surface area contributed by atoms with Gasteiger partial charge in [-0.15, -0.1) is 31.2 Å². The monoisotopic (exact) mass is 245 g/mol. The fourth-order valence-electron chi connectivity index (χ4n) is 0.705. The molecule has 4 heteroatoms. The van der Waals surface area contributed by atoms with E-state index >= 15 is 0 Å². The van der Waals surface area contributed by atoms with Gasteiger partial charge in [-0.1, -0.05) is 0 Å². The summed E-state index contributed by atoms with van der Waals surface area (Å²) in [7, 11) is 0. The first kappa shape index (κ1) is 18.0. The van der Waals surface area contributed by atoms with E-state index in [0.29, 0.717) is 0 Å². The molecule has 0 unspecified atom stereocenters. The maximum Gasteiger partial charge on any atom is 0 e. The summed E-state index contributed by atoms with van der Waals surface area (Å²) in [6.45, 7) is 0. The van der Waals surface area contributed by atoms with Crippen molar-refractivity contribution in [2.24, 2.45) is 0 Å². The number of hydrogen-bond acceptors (Lipinski definition) is 1. The molecule has 0 nitrogen and oxygen atoms in total. The van der Waals surface area contributed by atoms with E-state index in [1.54, 1.807) is 0 Å². The van der Waals surface area contributed by atoms with Crippen LogP contribution in [0.15, 0.2) is 17.7 Å². The van der Waals surface area contributed by atoms with Gasteiger partial charge in [-0.2, -0.15) is 17.8 Å². The van der Waals surface area contributed by atoms with Gasteiger partial charge in [0, 0.05) is 21.7 Å². The van der Waals surface area contributed by atoms with Gasteiger partial charge in [-0.3, -0.25) is 6.08 Å². The van der Waals surface area contributed by atoms with Crippen LogP contribution >= 0.6 is 36.6 Å². The molecule has 0 aromatic heterocycles. The van der Waals surface area contributed by atoms with Crippen molar-refractivity contribution in [3.8, 4) is 0 Å². The van der Waals surface area contributed by atoms with E-state index in [9.17, 15) is 0 Å². The van der Waals surface area contributed by atoms with E-state index in [1.165, 1.54) is 5.57 Å². The molecule has 64 valence electrons. The molecular formula is C7H11Cl2STi-. The molecule has 0 saturated heterocycles. The average Bonchev–Trinajstić information content (AvgIpc) is 2.19. The van der Waals surface area contributed by atoms with Crippen molar-refractivity contribution in [1.29, 1.82) is 0 Å². The molecule has 0 aromatic rings. The minimum atomic E-state index is 0. The molecule has 0 bridgehead atoms. The zero-order valence-corrected chi connectivity index (χ0v) is 10.3. The minimum absolute atomic E-state index is 0. The minimum Gasteiger partial charge on any atom is -0.269 e. The molecule has 1 rings (SSSR count). The van der Waals surface area contributed by atoms with Crippen molar-refractivity contribution in [2.75, 3.05) is 12.0 Å². The summed E-state index contributed by atoms with van der Waals surface area (Å²) < 4.78 is 0. The first-order chi connectivity index (χ1) is 3.93. The summed E-state index contributed by atoms with van der Waals surface area (Å²) in [5.41, 5.74) is 1.36. The quantitative estimate of drug-likeness (QED) is 0.533. The average molecular weight is 246 g/mol. The standard InChI is InChI=1S/C7H9S.2ClH.Ti/c1-8-6-7-4-2-3-5-7;;;/h2,4H,3,6H2,1H3;2*1H;/q-1;;;. The maximum atomic E-state index is 3.24. The van der Waals surface area contributed by atoms with Crippen LogP contribution in [0.1, 0.15) is 6.42 Å². The molecule has 0 heterocycles. The van der Waals surface area contributed by atoms with Gasteiger partial charge in [-0.05, 0) is 12.0 Å². The predicted molar refractivity (Wildman–Crippen MR) is 53.4 cm³/mol. The van der Waals surface area contributed by atoms with E-state index in [-0.39, 0.29) is 46.5 Å². The van der Waals surface area contributed by atoms with Crippen LogP contribution in [0.2, 0.25) is 0 Å². The predicted octanol–water partition coefficient (Wildman–Crippen LogP) is 2.88. The van der Waals surface area contributed by atoms with Gasteiger partial charge in [0.2, 0.25) is 0 Å². The van der Waals surface area contributed by atoms with Crippen molar-refractivity contribution in [3.63, 3.8) is 0 Å². The Morgan fingerprint density at radius 2 is 2.18 bits per heavy atom. The second kappa shape index (κ2) is 11.1. The van der Waals surface area contributed by atoms with Crippen molar-refractivity contribution in [1.82, 2.24) is 0 Å². The molecule has 1 aliphatic rings. The summed E-state index contributed by atoms with van der Waals surface area (Å²) in [4.78, 5) is 0. The Morgan fingerprint density at radius 3 is 2.55 bits per heavy atom. The van der Waals surface area contributed by atoms with Crippen LogP contribution in [-0.2, 0) is 21.7 Å².